The van der Waals surface area contributed by atoms with Gasteiger partial charge in [0.1, 0.15) is 5.00 Å². The van der Waals surface area contributed by atoms with Gasteiger partial charge in [0.05, 0.1) is 5.69 Å². The lowest BCUT2D eigenvalue weighted by atomic mass is 10.5. The first-order chi connectivity index (χ1) is 7.49. The maximum Gasteiger partial charge on any atom is 0.325 e. The second-order valence-corrected chi connectivity index (χ2v) is 3.90. The Morgan fingerprint density at radius 3 is 2.38 bits per heavy atom. The zero-order valence-corrected chi connectivity index (χ0v) is 9.60. The van der Waals surface area contributed by atoms with Crippen LogP contribution in [0.1, 0.15) is 13.8 Å². The third kappa shape index (κ3) is 3.70. The van der Waals surface area contributed by atoms with Gasteiger partial charge in [-0.15, -0.1) is 11.3 Å². The van der Waals surface area contributed by atoms with Crippen LogP contribution in [0.5, 0.6) is 0 Å². The van der Waals surface area contributed by atoms with Crippen LogP contribution in [0.2, 0.25) is 0 Å². The van der Waals surface area contributed by atoms with Gasteiger partial charge in [-0.25, -0.2) is 4.79 Å². The molecule has 1 heterocycles. The first-order valence-electron chi connectivity index (χ1n) is 4.42. The molecule has 0 aliphatic heterocycles. The lowest BCUT2D eigenvalue weighted by Gasteiger charge is -2.06. The van der Waals surface area contributed by atoms with Crippen LogP contribution in [0.4, 0.5) is 15.5 Å². The number of anilines is 2. The van der Waals surface area contributed by atoms with Crippen molar-refractivity contribution in [2.24, 2.45) is 0 Å². The molecule has 0 spiro atoms. The Labute approximate surface area is 96.0 Å². The molecule has 0 saturated heterocycles. The lowest BCUT2D eigenvalue weighted by Crippen LogP contribution is -2.32. The molecule has 0 radical (unpaired) electrons. The van der Waals surface area contributed by atoms with E-state index in [4.69, 9.17) is 0 Å². The average molecular weight is 241 g/mol. The summed E-state index contributed by atoms with van der Waals surface area (Å²) in [5.41, 5.74) is 0.457. The molecule has 4 amide bonds. The molecule has 86 valence electrons. The van der Waals surface area contributed by atoms with Crippen molar-refractivity contribution in [2.45, 2.75) is 13.8 Å². The van der Waals surface area contributed by atoms with Crippen LogP contribution in [-0.4, -0.2) is 17.8 Å². The number of rotatable bonds is 2. The summed E-state index contributed by atoms with van der Waals surface area (Å²) >= 11 is 1.28. The molecule has 0 atom stereocenters. The SMILES string of the molecule is CC(=O)NC(=O)Nc1ccsc1NC(C)=O. The standard InChI is InChI=1S/C9H11N3O3S/c1-5(13)10-8-7(3-4-16-8)12-9(15)11-6(2)14/h3-4H,1-2H3,(H,10,13)(H2,11,12,14,15). The summed E-state index contributed by atoms with van der Waals surface area (Å²) in [6.45, 7) is 2.61. The molecule has 0 unspecified atom stereocenters. The minimum atomic E-state index is -0.627. The largest absolute Gasteiger partial charge is 0.325 e. The molecular weight excluding hydrogens is 230 g/mol. The second-order valence-electron chi connectivity index (χ2n) is 2.98. The zero-order chi connectivity index (χ0) is 12.1. The first-order valence-corrected chi connectivity index (χ1v) is 5.30. The summed E-state index contributed by atoms with van der Waals surface area (Å²) < 4.78 is 0. The van der Waals surface area contributed by atoms with Gasteiger partial charge in [0.2, 0.25) is 11.8 Å². The van der Waals surface area contributed by atoms with Gasteiger partial charge in [-0.3, -0.25) is 14.9 Å². The molecular formula is C9H11N3O3S. The normalized spacial score (nSPS) is 9.38. The fourth-order valence-corrected chi connectivity index (χ4v) is 1.77. The molecule has 1 rings (SSSR count). The Hall–Kier alpha value is -1.89. The van der Waals surface area contributed by atoms with Crippen LogP contribution >= 0.6 is 11.3 Å². The predicted octanol–water partition coefficient (Wildman–Crippen LogP) is 1.37. The molecule has 1 aromatic rings. The molecule has 3 N–H and O–H groups in total. The van der Waals surface area contributed by atoms with Crippen molar-refractivity contribution >= 4 is 39.9 Å². The highest BCUT2D eigenvalue weighted by Gasteiger charge is 2.09. The van der Waals surface area contributed by atoms with E-state index in [9.17, 15) is 14.4 Å². The highest BCUT2D eigenvalue weighted by Crippen LogP contribution is 2.28. The van der Waals surface area contributed by atoms with Crippen molar-refractivity contribution in [2.75, 3.05) is 10.6 Å². The molecule has 0 fully saturated rings. The Balaban J connectivity index is 2.66. The van der Waals surface area contributed by atoms with E-state index in [0.29, 0.717) is 10.7 Å². The molecule has 0 aliphatic carbocycles. The number of imide groups is 1. The number of thiophene rings is 1. The average Bonchev–Trinajstić information content (AvgIpc) is 2.50. The predicted molar refractivity (Wildman–Crippen MR) is 61.5 cm³/mol. The van der Waals surface area contributed by atoms with E-state index in [1.807, 2.05) is 0 Å². The van der Waals surface area contributed by atoms with Gasteiger partial charge < -0.3 is 10.6 Å². The zero-order valence-electron chi connectivity index (χ0n) is 8.79. The second kappa shape index (κ2) is 5.26. The van der Waals surface area contributed by atoms with Crippen LogP contribution in [0.15, 0.2) is 11.4 Å². The molecule has 6 nitrogen and oxygen atoms in total. The summed E-state index contributed by atoms with van der Waals surface area (Å²) in [4.78, 5) is 32.7. The number of amides is 4. The maximum absolute atomic E-state index is 11.2. The molecule has 1 aromatic heterocycles. The molecule has 16 heavy (non-hydrogen) atoms. The molecule has 7 heteroatoms. The van der Waals surface area contributed by atoms with Gasteiger partial charge in [0.15, 0.2) is 0 Å². The van der Waals surface area contributed by atoms with Crippen molar-refractivity contribution < 1.29 is 14.4 Å². The van der Waals surface area contributed by atoms with Gasteiger partial charge in [-0.1, -0.05) is 0 Å². The summed E-state index contributed by atoms with van der Waals surface area (Å²) in [5, 5.41) is 9.33. The van der Waals surface area contributed by atoms with Crippen LogP contribution in [0, 0.1) is 0 Å². The fourth-order valence-electron chi connectivity index (χ4n) is 0.978. The summed E-state index contributed by atoms with van der Waals surface area (Å²) in [5.74, 6) is -0.675. The van der Waals surface area contributed by atoms with E-state index in [2.05, 4.69) is 16.0 Å². The van der Waals surface area contributed by atoms with Gasteiger partial charge in [0, 0.05) is 13.8 Å². The van der Waals surface area contributed by atoms with Crippen LogP contribution in [-0.2, 0) is 9.59 Å². The van der Waals surface area contributed by atoms with Crippen molar-refractivity contribution in [1.29, 1.82) is 0 Å². The monoisotopic (exact) mass is 241 g/mol. The quantitative estimate of drug-likeness (QED) is 0.730. The Kier molecular flexibility index (Phi) is 4.01. The molecule has 0 bridgehead atoms. The van der Waals surface area contributed by atoms with Gasteiger partial charge in [0.25, 0.3) is 0 Å². The topological polar surface area (TPSA) is 87.3 Å². The summed E-state index contributed by atoms with van der Waals surface area (Å²) in [6.07, 6.45) is 0. The Morgan fingerprint density at radius 1 is 1.12 bits per heavy atom. The number of hydrogen-bond acceptors (Lipinski definition) is 4. The smallest absolute Gasteiger partial charge is 0.316 e. The summed E-state index contributed by atoms with van der Waals surface area (Å²) in [6, 6.07) is 1.01. The van der Waals surface area contributed by atoms with E-state index in [0.717, 1.165) is 0 Å². The molecule has 0 saturated carbocycles. The number of carbonyl (C=O) groups is 3. The number of hydrogen-bond donors (Lipinski definition) is 3. The Morgan fingerprint density at radius 2 is 1.81 bits per heavy atom. The minimum absolute atomic E-state index is 0.225. The van der Waals surface area contributed by atoms with E-state index in [1.165, 1.54) is 25.2 Å². The number of urea groups is 1. The lowest BCUT2D eigenvalue weighted by molar-refractivity contribution is -0.118. The highest BCUT2D eigenvalue weighted by atomic mass is 32.1. The van der Waals surface area contributed by atoms with E-state index < -0.39 is 11.9 Å². The Bertz CT molecular complexity index is 427. The van der Waals surface area contributed by atoms with Crippen molar-refractivity contribution in [3.05, 3.63) is 11.4 Å². The number of carbonyl (C=O) groups excluding carboxylic acids is 3. The van der Waals surface area contributed by atoms with Crippen molar-refractivity contribution in [1.82, 2.24) is 5.32 Å². The third-order valence-corrected chi connectivity index (χ3v) is 2.32. The van der Waals surface area contributed by atoms with Crippen LogP contribution < -0.4 is 16.0 Å². The third-order valence-electron chi connectivity index (χ3n) is 1.49. The fraction of sp³-hybridized carbons (Fsp3) is 0.222. The molecule has 0 aromatic carbocycles. The van der Waals surface area contributed by atoms with Crippen LogP contribution in [0.25, 0.3) is 0 Å². The van der Waals surface area contributed by atoms with E-state index in [1.54, 1.807) is 11.4 Å². The first kappa shape index (κ1) is 12.2. The van der Waals surface area contributed by atoms with E-state index in [-0.39, 0.29) is 5.91 Å². The number of nitrogens with one attached hydrogen (secondary N) is 3. The van der Waals surface area contributed by atoms with Gasteiger partial charge in [-0.05, 0) is 11.4 Å². The van der Waals surface area contributed by atoms with E-state index >= 15 is 0 Å². The van der Waals surface area contributed by atoms with Crippen molar-refractivity contribution in [3.8, 4) is 0 Å². The highest BCUT2D eigenvalue weighted by molar-refractivity contribution is 7.15. The van der Waals surface area contributed by atoms with Crippen LogP contribution in [0.3, 0.4) is 0 Å². The summed E-state index contributed by atoms with van der Waals surface area (Å²) in [7, 11) is 0. The van der Waals surface area contributed by atoms with Gasteiger partial charge >= 0.3 is 6.03 Å². The van der Waals surface area contributed by atoms with Crippen molar-refractivity contribution in [3.63, 3.8) is 0 Å². The minimum Gasteiger partial charge on any atom is -0.316 e. The maximum atomic E-state index is 11.2. The van der Waals surface area contributed by atoms with Gasteiger partial charge in [-0.2, -0.15) is 0 Å². The molecule has 0 aliphatic rings.